The van der Waals surface area contributed by atoms with Gasteiger partial charge in [-0.05, 0) is 31.0 Å². The van der Waals surface area contributed by atoms with E-state index in [0.29, 0.717) is 16.9 Å². The monoisotopic (exact) mass is 280 g/mol. The van der Waals surface area contributed by atoms with E-state index in [0.717, 1.165) is 11.3 Å². The zero-order valence-electron chi connectivity index (χ0n) is 10.3. The molecule has 0 aliphatic rings. The molecule has 4 heteroatoms. The maximum atomic E-state index is 6.07. The van der Waals surface area contributed by atoms with Gasteiger partial charge >= 0.3 is 0 Å². The lowest BCUT2D eigenvalue weighted by molar-refractivity contribution is 1.12. The van der Waals surface area contributed by atoms with E-state index in [9.17, 15) is 0 Å². The molecule has 0 bridgehead atoms. The molecule has 0 fully saturated rings. The summed E-state index contributed by atoms with van der Waals surface area (Å²) < 4.78 is 0. The van der Waals surface area contributed by atoms with E-state index in [4.69, 9.17) is 23.2 Å². The van der Waals surface area contributed by atoms with E-state index in [1.165, 1.54) is 11.1 Å². The number of benzene rings is 1. The summed E-state index contributed by atoms with van der Waals surface area (Å²) in [6.07, 6.45) is 0. The first-order chi connectivity index (χ1) is 8.56. The topological polar surface area (TPSA) is 24.9 Å². The van der Waals surface area contributed by atoms with Crippen molar-refractivity contribution in [3.63, 3.8) is 0 Å². The quantitative estimate of drug-likeness (QED) is 0.830. The van der Waals surface area contributed by atoms with Crippen molar-refractivity contribution < 1.29 is 0 Å². The van der Waals surface area contributed by atoms with Crippen LogP contribution in [0.1, 0.15) is 16.7 Å². The highest BCUT2D eigenvalue weighted by atomic mass is 35.5. The number of pyridine rings is 1. The van der Waals surface area contributed by atoms with Crippen LogP contribution < -0.4 is 5.32 Å². The smallest absolute Gasteiger partial charge is 0.154 e. The number of hydrogen-bond donors (Lipinski definition) is 1. The summed E-state index contributed by atoms with van der Waals surface area (Å²) in [5, 5.41) is 4.12. The fourth-order valence-corrected chi connectivity index (χ4v) is 2.42. The molecule has 2 rings (SSSR count). The minimum absolute atomic E-state index is 0.410. The van der Waals surface area contributed by atoms with Gasteiger partial charge in [-0.15, -0.1) is 0 Å². The number of halogens is 2. The average Bonchev–Trinajstić information content (AvgIpc) is 2.27. The molecular formula is C14H14Cl2N2. The first-order valence-corrected chi connectivity index (χ1v) is 6.44. The molecule has 0 spiro atoms. The third-order valence-corrected chi connectivity index (χ3v) is 3.16. The predicted octanol–water partition coefficient (Wildman–Crippen LogP) is 4.62. The van der Waals surface area contributed by atoms with Crippen molar-refractivity contribution in [1.29, 1.82) is 0 Å². The van der Waals surface area contributed by atoms with Crippen LogP contribution in [0.15, 0.2) is 30.3 Å². The van der Waals surface area contributed by atoms with Gasteiger partial charge in [0.25, 0.3) is 0 Å². The summed E-state index contributed by atoms with van der Waals surface area (Å²) >= 11 is 11.9. The second-order valence-corrected chi connectivity index (χ2v) is 5.02. The number of aryl methyl sites for hydroxylation is 2. The molecule has 1 heterocycles. The first-order valence-electron chi connectivity index (χ1n) is 5.68. The second-order valence-electron chi connectivity index (χ2n) is 4.27. The Morgan fingerprint density at radius 2 is 1.94 bits per heavy atom. The fraction of sp³-hybridized carbons (Fsp3) is 0.214. The predicted molar refractivity (Wildman–Crippen MR) is 77.5 cm³/mol. The average molecular weight is 281 g/mol. The number of anilines is 1. The van der Waals surface area contributed by atoms with Crippen LogP contribution >= 0.6 is 23.2 Å². The van der Waals surface area contributed by atoms with E-state index >= 15 is 0 Å². The molecule has 0 aliphatic heterocycles. The van der Waals surface area contributed by atoms with Gasteiger partial charge in [-0.25, -0.2) is 4.98 Å². The summed E-state index contributed by atoms with van der Waals surface area (Å²) in [5.74, 6) is 0. The van der Waals surface area contributed by atoms with Crippen LogP contribution in [0.2, 0.25) is 10.3 Å². The number of hydrogen-bond acceptors (Lipinski definition) is 2. The van der Waals surface area contributed by atoms with Crippen LogP contribution in [0.5, 0.6) is 0 Å². The highest BCUT2D eigenvalue weighted by molar-refractivity contribution is 6.34. The Morgan fingerprint density at radius 1 is 1.17 bits per heavy atom. The molecule has 2 aromatic rings. The fourth-order valence-electron chi connectivity index (χ4n) is 1.82. The third-order valence-electron chi connectivity index (χ3n) is 2.69. The lowest BCUT2D eigenvalue weighted by Crippen LogP contribution is -2.03. The Bertz CT molecular complexity index is 544. The van der Waals surface area contributed by atoms with Crippen molar-refractivity contribution >= 4 is 28.9 Å². The molecule has 1 N–H and O–H groups in total. The summed E-state index contributed by atoms with van der Waals surface area (Å²) in [6, 6.07) is 10.1. The van der Waals surface area contributed by atoms with Gasteiger partial charge in [0, 0.05) is 6.54 Å². The molecule has 94 valence electrons. The summed E-state index contributed by atoms with van der Waals surface area (Å²) in [4.78, 5) is 4.03. The zero-order chi connectivity index (χ0) is 13.1. The van der Waals surface area contributed by atoms with Gasteiger partial charge in [-0.2, -0.15) is 0 Å². The highest BCUT2D eigenvalue weighted by Gasteiger charge is 2.07. The summed E-state index contributed by atoms with van der Waals surface area (Å²) in [5.41, 5.74) is 4.28. The van der Waals surface area contributed by atoms with Crippen molar-refractivity contribution in [3.8, 4) is 0 Å². The van der Waals surface area contributed by atoms with Gasteiger partial charge in [0.05, 0.1) is 5.69 Å². The van der Waals surface area contributed by atoms with Gasteiger partial charge in [0.1, 0.15) is 5.15 Å². The Hall–Kier alpha value is -1.25. The number of rotatable bonds is 3. The molecule has 0 saturated carbocycles. The maximum absolute atomic E-state index is 6.07. The molecule has 2 nitrogen and oxygen atoms in total. The third kappa shape index (κ3) is 3.15. The molecule has 0 aliphatic carbocycles. The van der Waals surface area contributed by atoms with Crippen LogP contribution in [-0.2, 0) is 6.54 Å². The second kappa shape index (κ2) is 5.59. The van der Waals surface area contributed by atoms with E-state index in [2.05, 4.69) is 35.4 Å². The molecule has 18 heavy (non-hydrogen) atoms. The van der Waals surface area contributed by atoms with Gasteiger partial charge in [-0.1, -0.05) is 53.0 Å². The minimum Gasteiger partial charge on any atom is -0.378 e. The molecular weight excluding hydrogens is 267 g/mol. The summed E-state index contributed by atoms with van der Waals surface area (Å²) in [7, 11) is 0. The lowest BCUT2D eigenvalue weighted by Gasteiger charge is -2.11. The van der Waals surface area contributed by atoms with Crippen LogP contribution in [-0.4, -0.2) is 4.98 Å². The number of nitrogens with one attached hydrogen (secondary N) is 1. The van der Waals surface area contributed by atoms with Crippen molar-refractivity contribution in [2.45, 2.75) is 20.4 Å². The zero-order valence-corrected chi connectivity index (χ0v) is 11.8. The van der Waals surface area contributed by atoms with Crippen molar-refractivity contribution in [2.24, 2.45) is 0 Å². The van der Waals surface area contributed by atoms with Crippen LogP contribution in [0, 0.1) is 13.8 Å². The number of aromatic nitrogens is 1. The van der Waals surface area contributed by atoms with Gasteiger partial charge in [-0.3, -0.25) is 0 Å². The lowest BCUT2D eigenvalue weighted by atomic mass is 10.1. The first kappa shape index (κ1) is 13.2. The van der Waals surface area contributed by atoms with Gasteiger partial charge < -0.3 is 5.32 Å². The van der Waals surface area contributed by atoms with Crippen LogP contribution in [0.4, 0.5) is 5.69 Å². The van der Waals surface area contributed by atoms with Crippen LogP contribution in [0.25, 0.3) is 0 Å². The molecule has 0 unspecified atom stereocenters. The van der Waals surface area contributed by atoms with Crippen molar-refractivity contribution in [2.75, 3.05) is 5.32 Å². The standard InChI is InChI=1S/C14H14Cl2N2/c1-9-4-3-5-11(6-9)8-17-13-10(2)7-12(15)18-14(13)16/h3-7,17H,8H2,1-2H3. The molecule has 0 atom stereocenters. The van der Waals surface area contributed by atoms with E-state index in [1.807, 2.05) is 13.0 Å². The van der Waals surface area contributed by atoms with E-state index in [1.54, 1.807) is 6.07 Å². The van der Waals surface area contributed by atoms with Crippen LogP contribution in [0.3, 0.4) is 0 Å². The molecule has 0 amide bonds. The summed E-state index contributed by atoms with van der Waals surface area (Å²) in [6.45, 7) is 4.75. The maximum Gasteiger partial charge on any atom is 0.154 e. The van der Waals surface area contributed by atoms with Crippen molar-refractivity contribution in [1.82, 2.24) is 4.98 Å². The molecule has 0 saturated heterocycles. The molecule has 1 aromatic carbocycles. The van der Waals surface area contributed by atoms with E-state index < -0.39 is 0 Å². The van der Waals surface area contributed by atoms with Gasteiger partial charge in [0.15, 0.2) is 5.15 Å². The highest BCUT2D eigenvalue weighted by Crippen LogP contribution is 2.26. The molecule has 1 aromatic heterocycles. The Morgan fingerprint density at radius 3 is 2.61 bits per heavy atom. The minimum atomic E-state index is 0.410. The Labute approximate surface area is 117 Å². The Kier molecular flexibility index (Phi) is 4.10. The normalized spacial score (nSPS) is 10.4. The number of nitrogens with zero attached hydrogens (tertiary/aromatic N) is 1. The van der Waals surface area contributed by atoms with Crippen molar-refractivity contribution in [3.05, 3.63) is 57.3 Å². The Balaban J connectivity index is 2.16. The largest absolute Gasteiger partial charge is 0.378 e. The SMILES string of the molecule is Cc1cccc(CNc2c(C)cc(Cl)nc2Cl)c1. The van der Waals surface area contributed by atoms with Gasteiger partial charge in [0.2, 0.25) is 0 Å². The molecule has 0 radical (unpaired) electrons. The van der Waals surface area contributed by atoms with E-state index in [-0.39, 0.29) is 0 Å².